The highest BCUT2D eigenvalue weighted by Gasteiger charge is 2.37. The second-order valence-electron chi connectivity index (χ2n) is 11.7. The van der Waals surface area contributed by atoms with Gasteiger partial charge in [0.05, 0.1) is 46.5 Å². The Morgan fingerprint density at radius 2 is 1.55 bits per heavy atom. The third kappa shape index (κ3) is 10.3. The Morgan fingerprint density at radius 1 is 0.936 bits per heavy atom. The molecule has 1 amide bonds. The van der Waals surface area contributed by atoms with Crippen LogP contribution in [-0.2, 0) is 34.1 Å². The number of aliphatic hydroxyl groups is 1. The van der Waals surface area contributed by atoms with Gasteiger partial charge in [-0.3, -0.25) is 4.79 Å². The summed E-state index contributed by atoms with van der Waals surface area (Å²) in [5.41, 5.74) is 2.83. The van der Waals surface area contributed by atoms with E-state index in [2.05, 4.69) is 10.2 Å². The number of hydrogen-bond donors (Lipinski definition) is 3. The topological polar surface area (TPSA) is 87.8 Å². The average molecular weight is 707 g/mol. The van der Waals surface area contributed by atoms with Crippen LogP contribution in [0, 0.1) is 0 Å². The summed E-state index contributed by atoms with van der Waals surface area (Å²) in [6.45, 7) is 0.761. The van der Waals surface area contributed by atoms with Gasteiger partial charge in [0.25, 0.3) is 0 Å². The van der Waals surface area contributed by atoms with Crippen LogP contribution in [0.25, 0.3) is 0 Å². The Labute approximate surface area is 278 Å². The van der Waals surface area contributed by atoms with E-state index in [0.29, 0.717) is 56.1 Å². The van der Waals surface area contributed by atoms with Crippen LogP contribution in [0.15, 0.2) is 66.7 Å². The Balaban J connectivity index is 1.52. The lowest BCUT2D eigenvalue weighted by molar-refractivity contribution is -0.143. The molecule has 3 aromatic rings. The van der Waals surface area contributed by atoms with E-state index in [4.69, 9.17) is 33.7 Å². The third-order valence-corrected chi connectivity index (χ3v) is 9.10. The fourth-order valence-electron chi connectivity index (χ4n) is 5.80. The molecule has 0 bridgehead atoms. The molecule has 1 aliphatic heterocycles. The Bertz CT molecular complexity index is 1470. The maximum absolute atomic E-state index is 13.4. The Morgan fingerprint density at radius 3 is 2.11 bits per heavy atom. The number of ether oxygens (including phenoxy) is 1. The van der Waals surface area contributed by atoms with E-state index in [1.54, 1.807) is 18.2 Å². The van der Waals surface area contributed by atoms with Gasteiger partial charge in [0.2, 0.25) is 5.91 Å². The number of primary amides is 1. The molecular formula is C33H35Cl2F6N3O3. The first-order valence-electron chi connectivity index (χ1n) is 14.9. The van der Waals surface area contributed by atoms with Gasteiger partial charge >= 0.3 is 12.4 Å². The van der Waals surface area contributed by atoms with Crippen LogP contribution in [0.4, 0.5) is 26.3 Å². The van der Waals surface area contributed by atoms with E-state index in [-0.39, 0.29) is 29.8 Å². The van der Waals surface area contributed by atoms with Crippen molar-refractivity contribution in [3.8, 4) is 0 Å². The van der Waals surface area contributed by atoms with Crippen molar-refractivity contribution in [2.24, 2.45) is 5.73 Å². The molecule has 4 rings (SSSR count). The van der Waals surface area contributed by atoms with Crippen LogP contribution in [-0.4, -0.2) is 54.7 Å². The van der Waals surface area contributed by atoms with E-state index in [0.717, 1.165) is 11.1 Å². The maximum Gasteiger partial charge on any atom is 0.416 e. The van der Waals surface area contributed by atoms with Crippen molar-refractivity contribution in [2.45, 2.75) is 55.8 Å². The van der Waals surface area contributed by atoms with Crippen molar-refractivity contribution in [3.63, 3.8) is 0 Å². The van der Waals surface area contributed by atoms with E-state index >= 15 is 0 Å². The molecule has 0 unspecified atom stereocenters. The number of hydrogen-bond acceptors (Lipinski definition) is 5. The molecule has 0 aromatic heterocycles. The fraction of sp³-hybridized carbons (Fsp3) is 0.424. The number of nitrogens with two attached hydrogens (primary N) is 1. The highest BCUT2D eigenvalue weighted by atomic mass is 35.5. The summed E-state index contributed by atoms with van der Waals surface area (Å²) in [7, 11) is 0. The standard InChI is InChI=1S/C33H35Cl2F6N3O3/c34-27-7-6-22(16-28(27)35)26(8-11-44-12-9-31(46,10-13-44)23-4-2-1-3-5-23)29(43-18-30(42)45)20-47-19-21-14-24(32(36,37)38)17-25(15-21)33(39,40)41/h1-7,14-17,26,29,43,46H,8-13,18-20H2,(H2,42,45)/t26-,29-/m0/s1. The number of nitrogens with one attached hydrogen (secondary N) is 1. The summed E-state index contributed by atoms with van der Waals surface area (Å²) in [6, 6.07) is 15.1. The molecule has 1 saturated heterocycles. The smallest absolute Gasteiger partial charge is 0.385 e. The number of carbonyl (C=O) groups is 1. The lowest BCUT2D eigenvalue weighted by Gasteiger charge is -2.39. The van der Waals surface area contributed by atoms with Crippen molar-refractivity contribution in [2.75, 3.05) is 32.8 Å². The van der Waals surface area contributed by atoms with Gasteiger partial charge < -0.3 is 25.8 Å². The van der Waals surface area contributed by atoms with Gasteiger partial charge in [0, 0.05) is 25.0 Å². The normalized spacial score (nSPS) is 17.0. The zero-order valence-electron chi connectivity index (χ0n) is 25.2. The van der Waals surface area contributed by atoms with E-state index in [1.165, 1.54) is 0 Å². The van der Waals surface area contributed by atoms with E-state index in [1.807, 2.05) is 30.3 Å². The molecule has 2 atom stereocenters. The van der Waals surface area contributed by atoms with Crippen molar-refractivity contribution in [3.05, 3.63) is 105 Å². The number of likely N-dealkylation sites (tertiary alicyclic amines) is 1. The minimum Gasteiger partial charge on any atom is -0.385 e. The number of amides is 1. The molecule has 14 heteroatoms. The predicted molar refractivity (Wildman–Crippen MR) is 167 cm³/mol. The maximum atomic E-state index is 13.4. The number of rotatable bonds is 13. The van der Waals surface area contributed by atoms with Gasteiger partial charge in [-0.1, -0.05) is 59.6 Å². The van der Waals surface area contributed by atoms with E-state index in [9.17, 15) is 36.2 Å². The summed E-state index contributed by atoms with van der Waals surface area (Å²) < 4.78 is 86.0. The number of alkyl halides is 6. The summed E-state index contributed by atoms with van der Waals surface area (Å²) in [4.78, 5) is 13.9. The third-order valence-electron chi connectivity index (χ3n) is 8.36. The number of benzene rings is 3. The molecular weight excluding hydrogens is 671 g/mol. The lowest BCUT2D eigenvalue weighted by atomic mass is 9.84. The minimum absolute atomic E-state index is 0.0578. The second kappa shape index (κ2) is 15.6. The van der Waals surface area contributed by atoms with Crippen molar-refractivity contribution in [1.82, 2.24) is 10.2 Å². The van der Waals surface area contributed by atoms with Crippen molar-refractivity contribution in [1.29, 1.82) is 0 Å². The van der Waals surface area contributed by atoms with Crippen LogP contribution in [0.5, 0.6) is 0 Å². The average Bonchev–Trinajstić information content (AvgIpc) is 3.01. The number of nitrogens with zero attached hydrogens (tertiary/aromatic N) is 1. The first kappa shape index (κ1) is 37.0. The monoisotopic (exact) mass is 705 g/mol. The van der Waals surface area contributed by atoms with Gasteiger partial charge in [0.1, 0.15) is 0 Å². The lowest BCUT2D eigenvalue weighted by Crippen LogP contribution is -2.46. The van der Waals surface area contributed by atoms with Gasteiger partial charge in [-0.05, 0) is 72.8 Å². The van der Waals surface area contributed by atoms with Crippen LogP contribution in [0.3, 0.4) is 0 Å². The quantitative estimate of drug-likeness (QED) is 0.165. The summed E-state index contributed by atoms with van der Waals surface area (Å²) >= 11 is 12.5. The molecule has 0 radical (unpaired) electrons. The zero-order valence-corrected chi connectivity index (χ0v) is 26.7. The van der Waals surface area contributed by atoms with Crippen LogP contribution in [0.1, 0.15) is 53.0 Å². The Hall–Kier alpha value is -2.87. The number of piperidine rings is 1. The summed E-state index contributed by atoms with van der Waals surface area (Å²) in [5, 5.41) is 14.9. The minimum atomic E-state index is -4.99. The molecule has 47 heavy (non-hydrogen) atoms. The molecule has 1 fully saturated rings. The molecule has 0 aliphatic carbocycles. The van der Waals surface area contributed by atoms with Gasteiger partial charge in [0.15, 0.2) is 0 Å². The van der Waals surface area contributed by atoms with Crippen molar-refractivity contribution < 1.29 is 41.0 Å². The van der Waals surface area contributed by atoms with Crippen LogP contribution < -0.4 is 11.1 Å². The molecule has 4 N–H and O–H groups in total. The zero-order chi connectivity index (χ0) is 34.4. The fourth-order valence-corrected chi connectivity index (χ4v) is 6.11. The van der Waals surface area contributed by atoms with Crippen LogP contribution >= 0.6 is 23.2 Å². The summed E-state index contributed by atoms with van der Waals surface area (Å²) in [5.74, 6) is -1.07. The molecule has 256 valence electrons. The largest absolute Gasteiger partial charge is 0.416 e. The molecule has 0 spiro atoms. The van der Waals surface area contributed by atoms with Crippen LogP contribution in [0.2, 0.25) is 10.0 Å². The van der Waals surface area contributed by atoms with Gasteiger partial charge in [-0.15, -0.1) is 0 Å². The SMILES string of the molecule is NC(=O)CN[C@@H](COCc1cc(C(F)(F)F)cc(C(F)(F)F)c1)[C@@H](CCN1CCC(O)(c2ccccc2)CC1)c1ccc(Cl)c(Cl)c1. The highest BCUT2D eigenvalue weighted by molar-refractivity contribution is 6.42. The predicted octanol–water partition coefficient (Wildman–Crippen LogP) is 7.15. The van der Waals surface area contributed by atoms with Crippen molar-refractivity contribution >= 4 is 29.1 Å². The highest BCUT2D eigenvalue weighted by Crippen LogP contribution is 2.37. The summed E-state index contributed by atoms with van der Waals surface area (Å²) in [6.07, 6.45) is -8.48. The van der Waals surface area contributed by atoms with Gasteiger partial charge in [-0.25, -0.2) is 0 Å². The first-order valence-corrected chi connectivity index (χ1v) is 15.6. The molecule has 0 saturated carbocycles. The molecule has 3 aromatic carbocycles. The molecule has 1 aliphatic rings. The molecule has 1 heterocycles. The second-order valence-corrected chi connectivity index (χ2v) is 12.5. The Kier molecular flexibility index (Phi) is 12.2. The van der Waals surface area contributed by atoms with Gasteiger partial charge in [-0.2, -0.15) is 26.3 Å². The number of halogens is 8. The van der Waals surface area contributed by atoms with E-state index < -0.39 is 53.6 Å². The first-order chi connectivity index (χ1) is 22.0. The molecule has 6 nitrogen and oxygen atoms in total. The number of carbonyl (C=O) groups excluding carboxylic acids is 1.